The van der Waals surface area contributed by atoms with E-state index in [9.17, 15) is 5.11 Å². The maximum atomic E-state index is 11.2. The van der Waals surface area contributed by atoms with Crippen molar-refractivity contribution in [2.24, 2.45) is 5.92 Å². The first-order valence-corrected chi connectivity index (χ1v) is 20.7. The van der Waals surface area contributed by atoms with Gasteiger partial charge < -0.3 is 33.5 Å². The summed E-state index contributed by atoms with van der Waals surface area (Å²) < 4.78 is 36.2. The number of aliphatic hydroxyl groups is 1. The minimum Gasteiger partial charge on any atom is -0.491 e. The van der Waals surface area contributed by atoms with Crippen molar-refractivity contribution in [2.45, 2.75) is 128 Å². The van der Waals surface area contributed by atoms with Crippen LogP contribution < -0.4 is 18.9 Å². The van der Waals surface area contributed by atoms with E-state index in [2.05, 4.69) is 123 Å². The normalized spacial score (nSPS) is 18.6. The van der Waals surface area contributed by atoms with E-state index in [4.69, 9.17) is 28.4 Å². The van der Waals surface area contributed by atoms with Crippen LogP contribution in [-0.2, 0) is 20.3 Å². The predicted octanol–water partition coefficient (Wildman–Crippen LogP) is 10.5. The van der Waals surface area contributed by atoms with E-state index in [0.717, 1.165) is 55.5 Å². The van der Waals surface area contributed by atoms with Crippen LogP contribution in [0.15, 0.2) is 97.1 Å². The van der Waals surface area contributed by atoms with Crippen molar-refractivity contribution in [3.63, 3.8) is 0 Å². The molecule has 2 fully saturated rings. The highest BCUT2D eigenvalue weighted by Gasteiger charge is 2.50. The van der Waals surface area contributed by atoms with Crippen LogP contribution in [0.25, 0.3) is 0 Å². The van der Waals surface area contributed by atoms with Gasteiger partial charge in [0.1, 0.15) is 59.6 Å². The van der Waals surface area contributed by atoms with E-state index in [1.165, 1.54) is 22.3 Å². The highest BCUT2D eigenvalue weighted by molar-refractivity contribution is 5.43. The third kappa shape index (κ3) is 9.55. The molecule has 56 heavy (non-hydrogen) atoms. The molecule has 7 heteroatoms. The lowest BCUT2D eigenvalue weighted by Crippen LogP contribution is -2.46. The lowest BCUT2D eigenvalue weighted by atomic mass is 9.78. The molecule has 302 valence electrons. The molecule has 2 aliphatic rings. The quantitative estimate of drug-likeness (QED) is 0.0846. The molecule has 2 heterocycles. The van der Waals surface area contributed by atoms with Crippen LogP contribution in [0, 0.1) is 5.92 Å². The Morgan fingerprint density at radius 1 is 0.589 bits per heavy atom. The molecule has 4 aromatic rings. The Kier molecular flexibility index (Phi) is 12.8. The summed E-state index contributed by atoms with van der Waals surface area (Å²) in [6, 6.07) is 33.4. The first kappa shape index (κ1) is 41.6. The summed E-state index contributed by atoms with van der Waals surface area (Å²) in [6.45, 7) is 22.1. The second-order valence-corrected chi connectivity index (χ2v) is 17.2. The van der Waals surface area contributed by atoms with Gasteiger partial charge in [0.05, 0.1) is 19.3 Å². The second kappa shape index (κ2) is 17.2. The highest BCUT2D eigenvalue weighted by atomic mass is 16.6. The summed E-state index contributed by atoms with van der Waals surface area (Å²) in [5.74, 6) is 3.61. The molecular weight excluding hydrogens is 701 g/mol. The van der Waals surface area contributed by atoms with Gasteiger partial charge in [0.15, 0.2) is 0 Å². The van der Waals surface area contributed by atoms with Crippen molar-refractivity contribution >= 4 is 0 Å². The molecule has 0 saturated carbocycles. The Labute approximate surface area is 335 Å². The predicted molar refractivity (Wildman–Crippen MR) is 224 cm³/mol. The van der Waals surface area contributed by atoms with Crippen LogP contribution in [0.1, 0.15) is 110 Å². The average Bonchev–Trinajstić information content (AvgIpc) is 4.15. The van der Waals surface area contributed by atoms with Gasteiger partial charge >= 0.3 is 0 Å². The smallest absolute Gasteiger partial charge is 0.139 e. The maximum Gasteiger partial charge on any atom is 0.139 e. The van der Waals surface area contributed by atoms with Crippen LogP contribution >= 0.6 is 0 Å². The lowest BCUT2D eigenvalue weighted by Gasteiger charge is -2.36. The van der Waals surface area contributed by atoms with E-state index < -0.39 is 11.7 Å². The summed E-state index contributed by atoms with van der Waals surface area (Å²) in [5, 5.41) is 11.2. The number of aliphatic hydroxyl groups excluding tert-OH is 1. The zero-order valence-corrected chi connectivity index (χ0v) is 35.1. The number of hydrogen-bond acceptors (Lipinski definition) is 7. The molecule has 2 aliphatic heterocycles. The summed E-state index contributed by atoms with van der Waals surface area (Å²) >= 11 is 0. The van der Waals surface area contributed by atoms with Crippen molar-refractivity contribution in [3.8, 4) is 23.0 Å². The van der Waals surface area contributed by atoms with E-state index >= 15 is 0 Å². The molecule has 7 nitrogen and oxygen atoms in total. The minimum absolute atomic E-state index is 0.158. The van der Waals surface area contributed by atoms with Gasteiger partial charge in [0.25, 0.3) is 0 Å². The topological polar surface area (TPSA) is 82.2 Å². The van der Waals surface area contributed by atoms with Gasteiger partial charge in [-0.2, -0.15) is 0 Å². The third-order valence-corrected chi connectivity index (χ3v) is 12.5. The first-order valence-electron chi connectivity index (χ1n) is 20.7. The van der Waals surface area contributed by atoms with Gasteiger partial charge in [-0.05, 0) is 96.0 Å². The fourth-order valence-electron chi connectivity index (χ4n) is 7.97. The van der Waals surface area contributed by atoms with Gasteiger partial charge in [-0.15, -0.1) is 0 Å². The zero-order valence-electron chi connectivity index (χ0n) is 35.1. The Morgan fingerprint density at radius 3 is 1.38 bits per heavy atom. The molecule has 0 aromatic heterocycles. The zero-order chi connectivity index (χ0) is 40.1. The van der Waals surface area contributed by atoms with Crippen LogP contribution in [0.4, 0.5) is 0 Å². The van der Waals surface area contributed by atoms with Gasteiger partial charge in [0, 0.05) is 17.3 Å². The molecule has 4 atom stereocenters. The number of hydrogen-bond donors (Lipinski definition) is 1. The number of epoxide rings is 2. The molecule has 4 aromatic carbocycles. The Bertz CT molecular complexity index is 1810. The maximum absolute atomic E-state index is 11.2. The van der Waals surface area contributed by atoms with Crippen molar-refractivity contribution in [3.05, 3.63) is 119 Å². The average molecular weight is 765 g/mol. The van der Waals surface area contributed by atoms with E-state index in [1.807, 2.05) is 36.4 Å². The molecule has 0 bridgehead atoms. The van der Waals surface area contributed by atoms with Crippen molar-refractivity contribution in [1.29, 1.82) is 0 Å². The van der Waals surface area contributed by atoms with Crippen LogP contribution in [0.5, 0.6) is 23.0 Å². The van der Waals surface area contributed by atoms with Crippen molar-refractivity contribution in [2.75, 3.05) is 26.4 Å². The summed E-state index contributed by atoms with van der Waals surface area (Å²) in [5.41, 5.74) is 3.53. The summed E-state index contributed by atoms with van der Waals surface area (Å²) in [6.07, 6.45) is 2.59. The van der Waals surface area contributed by atoms with E-state index in [1.54, 1.807) is 0 Å². The van der Waals surface area contributed by atoms with Gasteiger partial charge in [0.2, 0.25) is 0 Å². The molecule has 4 unspecified atom stereocenters. The van der Waals surface area contributed by atoms with Crippen LogP contribution in [0.2, 0.25) is 0 Å². The monoisotopic (exact) mass is 764 g/mol. The van der Waals surface area contributed by atoms with E-state index in [0.29, 0.717) is 18.9 Å². The van der Waals surface area contributed by atoms with Crippen LogP contribution in [0.3, 0.4) is 0 Å². The third-order valence-electron chi connectivity index (χ3n) is 12.5. The molecule has 0 radical (unpaired) electrons. The van der Waals surface area contributed by atoms with Crippen molar-refractivity contribution < 1.29 is 33.5 Å². The standard InChI is InChI=1S/C49H64O7/c1-10-48(11-2,55-42-25-17-37(18-26-42)46(6,7)36-15-23-41(24-16-36)52-31-44-32-53-44)29-39(50)30-51-40-21-13-35(14-22-40)47(8,9)38-19-27-43(28-20-38)56-49(12-3,34(4)5)45-33-54-45/h13-28,34,39,44-45,50H,10-12,29-33H2,1-9H3. The summed E-state index contributed by atoms with van der Waals surface area (Å²) in [7, 11) is 0. The van der Waals surface area contributed by atoms with Gasteiger partial charge in [-0.1, -0.05) is 111 Å². The molecular formula is C49H64O7. The molecule has 2 saturated heterocycles. The molecule has 0 aliphatic carbocycles. The first-order chi connectivity index (χ1) is 26.7. The Hall–Kier alpha value is -4.04. The largest absolute Gasteiger partial charge is 0.491 e. The molecule has 6 rings (SSSR count). The van der Waals surface area contributed by atoms with Gasteiger partial charge in [-0.3, -0.25) is 0 Å². The fraction of sp³-hybridized carbons (Fsp3) is 0.510. The Balaban J connectivity index is 1.02. The lowest BCUT2D eigenvalue weighted by molar-refractivity contribution is -0.00987. The number of ether oxygens (including phenoxy) is 6. The molecule has 0 spiro atoms. The number of rotatable bonds is 21. The van der Waals surface area contributed by atoms with Gasteiger partial charge in [-0.25, -0.2) is 0 Å². The van der Waals surface area contributed by atoms with E-state index in [-0.39, 0.29) is 35.2 Å². The Morgan fingerprint density at radius 2 is 1.00 bits per heavy atom. The van der Waals surface area contributed by atoms with Crippen molar-refractivity contribution in [1.82, 2.24) is 0 Å². The summed E-state index contributed by atoms with van der Waals surface area (Å²) in [4.78, 5) is 0. The second-order valence-electron chi connectivity index (χ2n) is 17.2. The fourth-order valence-corrected chi connectivity index (χ4v) is 7.97. The SMILES string of the molecule is CCC(CC)(CC(O)COc1ccc(C(C)(C)c2ccc(OC(CC)(C(C)C)C3CO3)cc2)cc1)Oc1ccc(C(C)(C)c2ccc(OCC3CO3)cc2)cc1. The van der Waals surface area contributed by atoms with Crippen LogP contribution in [-0.4, -0.2) is 61.0 Å². The highest BCUT2D eigenvalue weighted by Crippen LogP contribution is 2.40. The molecule has 0 amide bonds. The number of benzene rings is 4. The minimum atomic E-state index is -0.692. The molecule has 1 N–H and O–H groups in total.